The normalized spacial score (nSPS) is 15.7. The summed E-state index contributed by atoms with van der Waals surface area (Å²) in [7, 11) is 3.49. The fraction of sp³-hybridized carbons (Fsp3) is 0.792. The first kappa shape index (κ1) is 30.2. The average Bonchev–Trinajstić information content (AvgIpc) is 3.28. The molecule has 0 spiro atoms. The van der Waals surface area contributed by atoms with Gasteiger partial charge in [-0.2, -0.15) is 0 Å². The zero-order chi connectivity index (χ0) is 26.8. The van der Waals surface area contributed by atoms with Gasteiger partial charge in [-0.05, 0) is 38.5 Å². The lowest BCUT2D eigenvalue weighted by molar-refractivity contribution is -0.138. The summed E-state index contributed by atoms with van der Waals surface area (Å²) in [6.45, 7) is 7.56. The highest BCUT2D eigenvalue weighted by Crippen LogP contribution is 2.29. The number of nitrogens with one attached hydrogen (secondary N) is 5. The van der Waals surface area contributed by atoms with Gasteiger partial charge >= 0.3 is 0 Å². The second-order valence-electron chi connectivity index (χ2n) is 9.91. The quantitative estimate of drug-likeness (QED) is 0.124. The van der Waals surface area contributed by atoms with E-state index in [1.165, 1.54) is 0 Å². The summed E-state index contributed by atoms with van der Waals surface area (Å²) in [5.41, 5.74) is 3.37. The topological polar surface area (TPSA) is 170 Å². The van der Waals surface area contributed by atoms with Crippen LogP contribution in [-0.4, -0.2) is 72.2 Å². The van der Waals surface area contributed by atoms with Gasteiger partial charge in [-0.1, -0.05) is 40.5 Å². The smallest absolute Gasteiger partial charge is 0.246 e. The van der Waals surface area contributed by atoms with Crippen LogP contribution in [0.1, 0.15) is 79.1 Å². The van der Waals surface area contributed by atoms with E-state index in [0.717, 1.165) is 12.8 Å². The van der Waals surface area contributed by atoms with E-state index in [9.17, 15) is 19.2 Å². The van der Waals surface area contributed by atoms with Crippen LogP contribution in [0.15, 0.2) is 0 Å². The first-order valence-electron chi connectivity index (χ1n) is 12.6. The highest BCUT2D eigenvalue weighted by molar-refractivity contribution is 5.97. The monoisotopic (exact) mass is 495 g/mol. The lowest BCUT2D eigenvalue weighted by Gasteiger charge is -2.35. The van der Waals surface area contributed by atoms with Gasteiger partial charge in [0.1, 0.15) is 17.1 Å². The third-order valence-electron chi connectivity index (χ3n) is 6.85. The Morgan fingerprint density at radius 2 is 1.63 bits per heavy atom. The van der Waals surface area contributed by atoms with Crippen LogP contribution in [0, 0.1) is 11.3 Å². The van der Waals surface area contributed by atoms with Crippen molar-refractivity contribution in [1.82, 2.24) is 26.2 Å². The van der Waals surface area contributed by atoms with Crippen molar-refractivity contribution in [2.75, 3.05) is 20.6 Å². The van der Waals surface area contributed by atoms with Crippen LogP contribution >= 0.6 is 0 Å². The number of hydrogen-bond donors (Lipinski definition) is 6. The minimum Gasteiger partial charge on any atom is -0.368 e. The number of amides is 4. The second-order valence-corrected chi connectivity index (χ2v) is 9.91. The van der Waals surface area contributed by atoms with Crippen molar-refractivity contribution >= 4 is 29.6 Å². The van der Waals surface area contributed by atoms with Gasteiger partial charge < -0.3 is 31.9 Å². The molecule has 35 heavy (non-hydrogen) atoms. The Balaban J connectivity index is 3.07. The van der Waals surface area contributed by atoms with E-state index in [2.05, 4.69) is 21.3 Å². The van der Waals surface area contributed by atoms with Crippen LogP contribution in [0.5, 0.6) is 0 Å². The molecule has 11 heteroatoms. The molecule has 0 aliphatic heterocycles. The van der Waals surface area contributed by atoms with Gasteiger partial charge in [-0.15, -0.1) is 0 Å². The van der Waals surface area contributed by atoms with Gasteiger partial charge in [0.05, 0.1) is 0 Å². The van der Waals surface area contributed by atoms with Crippen molar-refractivity contribution in [2.45, 2.75) is 96.2 Å². The predicted molar refractivity (Wildman–Crippen MR) is 135 cm³/mol. The molecule has 4 amide bonds. The van der Waals surface area contributed by atoms with Gasteiger partial charge in [0.25, 0.3) is 0 Å². The summed E-state index contributed by atoms with van der Waals surface area (Å²) >= 11 is 0. The Hall–Kier alpha value is -2.85. The zero-order valence-corrected chi connectivity index (χ0v) is 22.2. The van der Waals surface area contributed by atoms with Crippen molar-refractivity contribution in [3.8, 4) is 0 Å². The van der Waals surface area contributed by atoms with Crippen LogP contribution in [0.3, 0.4) is 0 Å². The standard InChI is InChI=1S/C24H45N7O4/c1-7-23(8-2,29-18(32)16(3)4)21(35)28-17(12-11-15-27-22(26)31(5)6)19(33)30-24(20(25)34)13-9-10-14-24/h16-17H,7-15H2,1-6H3,(H2,25,34)(H2,26,27)(H,28,35)(H,29,32)(H,30,33)/t17-/m0/s1. The fourth-order valence-electron chi connectivity index (χ4n) is 4.16. The number of guanidine groups is 1. The highest BCUT2D eigenvalue weighted by atomic mass is 16.2. The molecule has 1 saturated carbocycles. The van der Waals surface area contributed by atoms with E-state index < -0.39 is 34.8 Å². The molecular weight excluding hydrogens is 450 g/mol. The Labute approximate surface area is 209 Å². The molecule has 1 aliphatic rings. The fourth-order valence-corrected chi connectivity index (χ4v) is 4.16. The molecule has 0 aromatic rings. The van der Waals surface area contributed by atoms with Crippen LogP contribution in [0.2, 0.25) is 0 Å². The summed E-state index contributed by atoms with van der Waals surface area (Å²) < 4.78 is 0. The largest absolute Gasteiger partial charge is 0.368 e. The van der Waals surface area contributed by atoms with E-state index in [-0.39, 0.29) is 24.2 Å². The molecule has 1 rings (SSSR count). The van der Waals surface area contributed by atoms with Crippen molar-refractivity contribution in [3.63, 3.8) is 0 Å². The van der Waals surface area contributed by atoms with Gasteiger partial charge in [-0.25, -0.2) is 0 Å². The molecule has 7 N–H and O–H groups in total. The van der Waals surface area contributed by atoms with E-state index in [0.29, 0.717) is 38.6 Å². The summed E-state index contributed by atoms with van der Waals surface area (Å²) in [6, 6.07) is -0.928. The molecule has 1 atom stereocenters. The Morgan fingerprint density at radius 1 is 1.06 bits per heavy atom. The molecule has 0 bridgehead atoms. The summed E-state index contributed by atoms with van der Waals surface area (Å²) in [6.07, 6.45) is 3.98. The molecule has 200 valence electrons. The number of carbonyl (C=O) groups is 4. The van der Waals surface area contributed by atoms with E-state index in [4.69, 9.17) is 11.1 Å². The highest BCUT2D eigenvalue weighted by Gasteiger charge is 2.43. The predicted octanol–water partition coefficient (Wildman–Crippen LogP) is 0.583. The maximum atomic E-state index is 13.4. The first-order chi connectivity index (χ1) is 16.3. The molecule has 1 fully saturated rings. The molecule has 0 aromatic carbocycles. The molecule has 0 unspecified atom stereocenters. The number of primary amides is 1. The summed E-state index contributed by atoms with van der Waals surface area (Å²) in [4.78, 5) is 53.0. The van der Waals surface area contributed by atoms with Gasteiger partial charge in [-0.3, -0.25) is 24.6 Å². The molecule has 11 nitrogen and oxygen atoms in total. The molecular formula is C24H45N7O4. The van der Waals surface area contributed by atoms with E-state index >= 15 is 0 Å². The Bertz CT molecular complexity index is 772. The number of rotatable bonds is 13. The van der Waals surface area contributed by atoms with Crippen LogP contribution in [0.25, 0.3) is 0 Å². The third kappa shape index (κ3) is 8.10. The van der Waals surface area contributed by atoms with Crippen LogP contribution in [0.4, 0.5) is 0 Å². The number of nitrogens with two attached hydrogens (primary N) is 1. The minimum atomic E-state index is -1.15. The minimum absolute atomic E-state index is 0.237. The first-order valence-corrected chi connectivity index (χ1v) is 12.6. The van der Waals surface area contributed by atoms with Crippen molar-refractivity contribution in [2.24, 2.45) is 11.7 Å². The Kier molecular flexibility index (Phi) is 11.5. The lowest BCUT2D eigenvalue weighted by Crippen LogP contribution is -2.64. The maximum Gasteiger partial charge on any atom is 0.246 e. The summed E-state index contributed by atoms with van der Waals surface area (Å²) in [5, 5.41) is 19.3. The number of carbonyl (C=O) groups excluding carboxylic acids is 4. The van der Waals surface area contributed by atoms with Crippen LogP contribution in [-0.2, 0) is 19.2 Å². The van der Waals surface area contributed by atoms with Gasteiger partial charge in [0.15, 0.2) is 5.96 Å². The average molecular weight is 496 g/mol. The molecule has 0 radical (unpaired) electrons. The van der Waals surface area contributed by atoms with Crippen molar-refractivity contribution < 1.29 is 19.2 Å². The van der Waals surface area contributed by atoms with Crippen molar-refractivity contribution in [1.29, 1.82) is 5.41 Å². The number of nitrogens with zero attached hydrogens (tertiary/aromatic N) is 1. The van der Waals surface area contributed by atoms with Gasteiger partial charge in [0, 0.05) is 26.6 Å². The van der Waals surface area contributed by atoms with Crippen molar-refractivity contribution in [3.05, 3.63) is 0 Å². The molecule has 1 aliphatic carbocycles. The third-order valence-corrected chi connectivity index (χ3v) is 6.85. The Morgan fingerprint density at radius 3 is 2.09 bits per heavy atom. The number of hydrogen-bond acceptors (Lipinski definition) is 5. The zero-order valence-electron chi connectivity index (χ0n) is 22.2. The molecule has 0 saturated heterocycles. The second kappa shape index (κ2) is 13.3. The van der Waals surface area contributed by atoms with E-state index in [1.807, 2.05) is 13.8 Å². The molecule has 0 heterocycles. The summed E-state index contributed by atoms with van der Waals surface area (Å²) in [5.74, 6) is -1.79. The van der Waals surface area contributed by atoms with Crippen LogP contribution < -0.4 is 27.0 Å². The maximum absolute atomic E-state index is 13.4. The SMILES string of the molecule is CCC(CC)(NC(=O)C(C)C)C(=O)N[C@@H](CCCNC(=N)N(C)C)C(=O)NC1(C(N)=O)CCCC1. The molecule has 0 aromatic heterocycles. The van der Waals surface area contributed by atoms with E-state index in [1.54, 1.807) is 32.8 Å². The van der Waals surface area contributed by atoms with Gasteiger partial charge in [0.2, 0.25) is 23.6 Å². The lowest BCUT2D eigenvalue weighted by atomic mass is 9.90.